The first kappa shape index (κ1) is 19.9. The van der Waals surface area contributed by atoms with E-state index in [4.69, 9.17) is 20.2 Å². The SMILES string of the molecule is CC1=C/C(=N\c2c(OCCO)nn3ccccc23)C(=N)c2c1[nH]c(C)c2C.Cl. The van der Waals surface area contributed by atoms with E-state index in [0.717, 1.165) is 33.6 Å². The Morgan fingerprint density at radius 3 is 2.82 bits per heavy atom. The number of H-pyrrole nitrogens is 1. The van der Waals surface area contributed by atoms with Crippen molar-refractivity contribution in [3.63, 3.8) is 0 Å². The van der Waals surface area contributed by atoms with E-state index in [9.17, 15) is 0 Å². The fourth-order valence-corrected chi connectivity index (χ4v) is 3.32. The van der Waals surface area contributed by atoms with Crippen molar-refractivity contribution in [3.05, 3.63) is 53.0 Å². The van der Waals surface area contributed by atoms with Gasteiger partial charge in [0.05, 0.1) is 29.2 Å². The zero-order valence-electron chi connectivity index (χ0n) is 15.9. The van der Waals surface area contributed by atoms with Crippen LogP contribution < -0.4 is 4.74 Å². The number of aliphatic hydroxyl groups excluding tert-OH is 1. The second kappa shape index (κ2) is 7.61. The standard InChI is InChI=1S/C20H21N5O2.ClH/c1-11-10-14(17(21)16-12(2)13(3)22-18(11)16)23-19-15-6-4-5-7-25(15)24-20(19)27-9-8-26;/h4-7,10,21-22,26H,8-9H2,1-3H3;1H/b21-17?,23-14+;. The van der Waals surface area contributed by atoms with Crippen LogP contribution in [0.5, 0.6) is 5.88 Å². The lowest BCUT2D eigenvalue weighted by atomic mass is 9.92. The molecule has 0 spiro atoms. The van der Waals surface area contributed by atoms with Gasteiger partial charge in [0.1, 0.15) is 6.61 Å². The number of halogens is 1. The highest BCUT2D eigenvalue weighted by molar-refractivity contribution is 6.54. The first-order valence-corrected chi connectivity index (χ1v) is 8.78. The van der Waals surface area contributed by atoms with Crippen molar-refractivity contribution in [2.75, 3.05) is 13.2 Å². The van der Waals surface area contributed by atoms with Gasteiger partial charge in [0.2, 0.25) is 0 Å². The summed E-state index contributed by atoms with van der Waals surface area (Å²) in [7, 11) is 0. The first-order chi connectivity index (χ1) is 13.0. The number of pyridine rings is 1. The largest absolute Gasteiger partial charge is 0.473 e. The fourth-order valence-electron chi connectivity index (χ4n) is 3.32. The summed E-state index contributed by atoms with van der Waals surface area (Å²) in [4.78, 5) is 8.11. The average molecular weight is 400 g/mol. The lowest BCUT2D eigenvalue weighted by Gasteiger charge is -2.15. The Kier molecular flexibility index (Phi) is 5.40. The molecule has 0 unspecified atom stereocenters. The zero-order valence-corrected chi connectivity index (χ0v) is 16.7. The van der Waals surface area contributed by atoms with Crippen LogP contribution in [0.3, 0.4) is 0 Å². The summed E-state index contributed by atoms with van der Waals surface area (Å²) < 4.78 is 7.27. The number of hydrogen-bond donors (Lipinski definition) is 3. The van der Waals surface area contributed by atoms with Gasteiger partial charge in [0, 0.05) is 17.5 Å². The smallest absolute Gasteiger partial charge is 0.260 e. The van der Waals surface area contributed by atoms with Crippen LogP contribution in [-0.4, -0.2) is 44.3 Å². The Bertz CT molecular complexity index is 1120. The number of ether oxygens (including phenoxy) is 1. The molecule has 3 aromatic heterocycles. The number of hydrogen-bond acceptors (Lipinski definition) is 5. The number of nitrogens with one attached hydrogen (secondary N) is 2. The fraction of sp³-hybridized carbons (Fsp3) is 0.250. The van der Waals surface area contributed by atoms with Crippen LogP contribution in [0.25, 0.3) is 11.1 Å². The Labute approximate surface area is 168 Å². The average Bonchev–Trinajstić information content (AvgIpc) is 3.16. The molecule has 28 heavy (non-hydrogen) atoms. The maximum absolute atomic E-state index is 9.09. The highest BCUT2D eigenvalue weighted by Gasteiger charge is 2.25. The Hall–Kier alpha value is -2.90. The monoisotopic (exact) mass is 399 g/mol. The molecule has 1 aliphatic rings. The number of allylic oxidation sites excluding steroid dienone is 2. The number of aromatic amines is 1. The van der Waals surface area contributed by atoms with Crippen molar-refractivity contribution in [3.8, 4) is 5.88 Å². The number of aromatic nitrogens is 3. The van der Waals surface area contributed by atoms with Crippen LogP contribution in [-0.2, 0) is 0 Å². The van der Waals surface area contributed by atoms with Gasteiger partial charge in [-0.05, 0) is 50.1 Å². The number of fused-ring (bicyclic) bond motifs is 2. The quantitative estimate of drug-likeness (QED) is 0.624. The molecule has 0 saturated carbocycles. The Morgan fingerprint density at radius 1 is 1.29 bits per heavy atom. The maximum Gasteiger partial charge on any atom is 0.260 e. The van der Waals surface area contributed by atoms with Crippen molar-refractivity contribution >= 4 is 40.6 Å². The highest BCUT2D eigenvalue weighted by atomic mass is 35.5. The predicted octanol–water partition coefficient (Wildman–Crippen LogP) is 3.63. The first-order valence-electron chi connectivity index (χ1n) is 8.78. The van der Waals surface area contributed by atoms with Crippen molar-refractivity contribution in [2.24, 2.45) is 4.99 Å². The van der Waals surface area contributed by atoms with Gasteiger partial charge < -0.3 is 14.8 Å². The summed E-state index contributed by atoms with van der Waals surface area (Å²) in [5, 5.41) is 22.2. The molecule has 0 atom stereocenters. The number of aliphatic imine (C=N–C) groups is 1. The predicted molar refractivity (Wildman–Crippen MR) is 113 cm³/mol. The third kappa shape index (κ3) is 3.12. The second-order valence-corrected chi connectivity index (χ2v) is 6.58. The minimum atomic E-state index is -0.107. The van der Waals surface area contributed by atoms with Crippen molar-refractivity contribution in [1.82, 2.24) is 14.6 Å². The van der Waals surface area contributed by atoms with Crippen molar-refractivity contribution in [2.45, 2.75) is 20.8 Å². The lowest BCUT2D eigenvalue weighted by molar-refractivity contribution is 0.197. The number of rotatable bonds is 4. The highest BCUT2D eigenvalue weighted by Crippen LogP contribution is 2.34. The third-order valence-corrected chi connectivity index (χ3v) is 4.80. The minimum Gasteiger partial charge on any atom is -0.473 e. The topological polar surface area (TPSA) is 98.8 Å². The molecule has 1 aliphatic carbocycles. The van der Waals surface area contributed by atoms with E-state index in [1.54, 1.807) is 4.52 Å². The van der Waals surface area contributed by atoms with E-state index in [0.29, 0.717) is 23.0 Å². The second-order valence-electron chi connectivity index (χ2n) is 6.58. The molecule has 0 amide bonds. The molecule has 0 fully saturated rings. The van der Waals surface area contributed by atoms with Crippen LogP contribution in [0.2, 0.25) is 0 Å². The van der Waals surface area contributed by atoms with E-state index in [-0.39, 0.29) is 25.6 Å². The molecule has 3 heterocycles. The van der Waals surface area contributed by atoms with Gasteiger partial charge >= 0.3 is 0 Å². The summed E-state index contributed by atoms with van der Waals surface area (Å²) in [6.45, 7) is 6.06. The molecule has 0 radical (unpaired) electrons. The molecule has 3 aromatic rings. The summed E-state index contributed by atoms with van der Waals surface area (Å²) in [5.74, 6) is 0.342. The molecular formula is C20H22ClN5O2. The van der Waals surface area contributed by atoms with E-state index >= 15 is 0 Å². The van der Waals surface area contributed by atoms with Gasteiger partial charge in [-0.3, -0.25) is 5.41 Å². The van der Waals surface area contributed by atoms with Crippen LogP contribution in [0.4, 0.5) is 5.69 Å². The molecule has 146 valence electrons. The summed E-state index contributed by atoms with van der Waals surface area (Å²) in [5.41, 5.74) is 7.30. The van der Waals surface area contributed by atoms with Gasteiger partial charge in [0.25, 0.3) is 5.88 Å². The molecule has 8 heteroatoms. The van der Waals surface area contributed by atoms with Gasteiger partial charge in [-0.25, -0.2) is 9.51 Å². The van der Waals surface area contributed by atoms with E-state index in [1.165, 1.54) is 0 Å². The normalized spacial score (nSPS) is 14.8. The number of aryl methyl sites for hydroxylation is 1. The molecule has 0 bridgehead atoms. The molecular weight excluding hydrogens is 378 g/mol. The Morgan fingerprint density at radius 2 is 2.07 bits per heavy atom. The van der Waals surface area contributed by atoms with Gasteiger partial charge in [-0.2, -0.15) is 0 Å². The van der Waals surface area contributed by atoms with Crippen LogP contribution in [0, 0.1) is 19.3 Å². The molecule has 7 nitrogen and oxygen atoms in total. The Balaban J connectivity index is 0.00000225. The molecule has 0 aromatic carbocycles. The van der Waals surface area contributed by atoms with Gasteiger partial charge in [-0.1, -0.05) is 6.07 Å². The van der Waals surface area contributed by atoms with Gasteiger partial charge in [0.15, 0.2) is 5.69 Å². The van der Waals surface area contributed by atoms with E-state index in [1.807, 2.05) is 51.2 Å². The summed E-state index contributed by atoms with van der Waals surface area (Å²) in [6.07, 6.45) is 3.72. The van der Waals surface area contributed by atoms with Crippen LogP contribution in [0.15, 0.2) is 35.5 Å². The van der Waals surface area contributed by atoms with Crippen LogP contribution in [0.1, 0.15) is 29.4 Å². The molecule has 0 aliphatic heterocycles. The minimum absolute atomic E-state index is 0. The maximum atomic E-state index is 9.09. The zero-order chi connectivity index (χ0) is 19.1. The number of aliphatic hydroxyl groups is 1. The third-order valence-electron chi connectivity index (χ3n) is 4.80. The van der Waals surface area contributed by atoms with E-state index < -0.39 is 0 Å². The molecule has 3 N–H and O–H groups in total. The molecule has 0 saturated heterocycles. The van der Waals surface area contributed by atoms with Crippen LogP contribution >= 0.6 is 12.4 Å². The van der Waals surface area contributed by atoms with Crippen molar-refractivity contribution < 1.29 is 9.84 Å². The number of nitrogens with zero attached hydrogens (tertiary/aromatic N) is 3. The summed E-state index contributed by atoms with van der Waals surface area (Å²) >= 11 is 0. The van der Waals surface area contributed by atoms with Gasteiger partial charge in [-0.15, -0.1) is 17.5 Å². The van der Waals surface area contributed by atoms with E-state index in [2.05, 4.69) is 10.1 Å². The molecule has 4 rings (SSSR count). The van der Waals surface area contributed by atoms with Crippen molar-refractivity contribution in [1.29, 1.82) is 5.41 Å². The lowest BCUT2D eigenvalue weighted by Crippen LogP contribution is -2.18. The summed E-state index contributed by atoms with van der Waals surface area (Å²) in [6, 6.07) is 5.68.